The number of unbranched alkanes of at least 4 members (excludes halogenated alkanes) is 1. The minimum absolute atomic E-state index is 0.996. The van der Waals surface area contributed by atoms with Gasteiger partial charge in [-0.1, -0.05) is 13.3 Å². The molecule has 12 heavy (non-hydrogen) atoms. The molecule has 2 heteroatoms. The Morgan fingerprint density at radius 3 is 2.83 bits per heavy atom. The zero-order valence-electron chi connectivity index (χ0n) is 7.77. The molecular formula is C10H18N2. The van der Waals surface area contributed by atoms with Gasteiger partial charge in [-0.2, -0.15) is 0 Å². The quantitative estimate of drug-likeness (QED) is 0.626. The normalized spacial score (nSPS) is 16.8. The molecule has 1 aliphatic carbocycles. The smallest absolute Gasteiger partial charge is 0.0143 e. The molecule has 0 aromatic carbocycles. The molecule has 1 rings (SSSR count). The highest BCUT2D eigenvalue weighted by atomic mass is 14.9. The standard InChI is InChI=1S/C10H18N2/c1-2-3-8-12-10-6-4-9(11)5-7-10/h4,6,12H,2-3,5,7-8,11H2,1H3. The van der Waals surface area contributed by atoms with E-state index in [0.717, 1.165) is 25.1 Å². The summed E-state index contributed by atoms with van der Waals surface area (Å²) >= 11 is 0. The van der Waals surface area contributed by atoms with E-state index in [1.807, 2.05) is 6.08 Å². The Kier molecular flexibility index (Phi) is 3.71. The van der Waals surface area contributed by atoms with Gasteiger partial charge < -0.3 is 11.1 Å². The molecule has 2 nitrogen and oxygen atoms in total. The molecule has 0 aromatic rings. The van der Waals surface area contributed by atoms with Crippen molar-refractivity contribution in [2.75, 3.05) is 6.54 Å². The monoisotopic (exact) mass is 166 g/mol. The molecule has 0 heterocycles. The second-order valence-corrected chi connectivity index (χ2v) is 3.21. The Morgan fingerprint density at radius 1 is 1.42 bits per heavy atom. The number of allylic oxidation sites excluding steroid dienone is 4. The first kappa shape index (κ1) is 9.17. The molecule has 0 aromatic heterocycles. The maximum atomic E-state index is 5.64. The highest BCUT2D eigenvalue weighted by Gasteiger charge is 2.01. The van der Waals surface area contributed by atoms with Crippen molar-refractivity contribution in [1.29, 1.82) is 0 Å². The number of rotatable bonds is 4. The first-order chi connectivity index (χ1) is 5.83. The van der Waals surface area contributed by atoms with Crippen molar-refractivity contribution in [2.24, 2.45) is 5.73 Å². The number of nitrogens with two attached hydrogens (primary N) is 1. The van der Waals surface area contributed by atoms with Crippen molar-refractivity contribution in [1.82, 2.24) is 5.32 Å². The topological polar surface area (TPSA) is 38.0 Å². The molecule has 0 unspecified atom stereocenters. The van der Waals surface area contributed by atoms with Crippen molar-refractivity contribution < 1.29 is 0 Å². The van der Waals surface area contributed by atoms with Gasteiger partial charge in [-0.15, -0.1) is 0 Å². The third kappa shape index (κ3) is 2.99. The van der Waals surface area contributed by atoms with Crippen LogP contribution in [0.1, 0.15) is 32.6 Å². The molecule has 0 fully saturated rings. The van der Waals surface area contributed by atoms with Crippen LogP contribution in [-0.2, 0) is 0 Å². The molecule has 0 saturated heterocycles. The summed E-state index contributed by atoms with van der Waals surface area (Å²) in [6.07, 6.45) is 8.66. The van der Waals surface area contributed by atoms with Gasteiger partial charge in [0.05, 0.1) is 0 Å². The van der Waals surface area contributed by atoms with Gasteiger partial charge in [0.25, 0.3) is 0 Å². The molecule has 0 saturated carbocycles. The molecule has 1 aliphatic rings. The Labute approximate surface area is 74.5 Å². The lowest BCUT2D eigenvalue weighted by Crippen LogP contribution is -2.17. The maximum Gasteiger partial charge on any atom is 0.0143 e. The van der Waals surface area contributed by atoms with E-state index in [0.29, 0.717) is 0 Å². The molecule has 0 atom stereocenters. The van der Waals surface area contributed by atoms with E-state index < -0.39 is 0 Å². The maximum absolute atomic E-state index is 5.64. The lowest BCUT2D eigenvalue weighted by molar-refractivity contribution is 0.677. The van der Waals surface area contributed by atoms with Crippen molar-refractivity contribution in [3.8, 4) is 0 Å². The van der Waals surface area contributed by atoms with Crippen molar-refractivity contribution in [3.05, 3.63) is 23.5 Å². The predicted molar refractivity (Wildman–Crippen MR) is 52.5 cm³/mol. The minimum Gasteiger partial charge on any atom is -0.402 e. The van der Waals surface area contributed by atoms with Crippen LogP contribution in [0.5, 0.6) is 0 Å². The second-order valence-electron chi connectivity index (χ2n) is 3.21. The van der Waals surface area contributed by atoms with Crippen LogP contribution in [0.25, 0.3) is 0 Å². The first-order valence-electron chi connectivity index (χ1n) is 4.72. The molecule has 3 N–H and O–H groups in total. The summed E-state index contributed by atoms with van der Waals surface area (Å²) in [6.45, 7) is 3.30. The average molecular weight is 166 g/mol. The van der Waals surface area contributed by atoms with Crippen LogP contribution in [0.2, 0.25) is 0 Å². The Hall–Kier alpha value is -0.920. The molecule has 0 aliphatic heterocycles. The van der Waals surface area contributed by atoms with Gasteiger partial charge in [-0.25, -0.2) is 0 Å². The van der Waals surface area contributed by atoms with Gasteiger partial charge in [0.15, 0.2) is 0 Å². The molecule has 68 valence electrons. The molecule has 0 spiro atoms. The summed E-state index contributed by atoms with van der Waals surface area (Å²) in [5, 5.41) is 3.40. The van der Waals surface area contributed by atoms with Gasteiger partial charge in [0.2, 0.25) is 0 Å². The van der Waals surface area contributed by atoms with Crippen LogP contribution in [0.3, 0.4) is 0 Å². The van der Waals surface area contributed by atoms with E-state index in [4.69, 9.17) is 5.73 Å². The van der Waals surface area contributed by atoms with E-state index in [1.54, 1.807) is 0 Å². The summed E-state index contributed by atoms with van der Waals surface area (Å²) in [7, 11) is 0. The van der Waals surface area contributed by atoms with Gasteiger partial charge in [0, 0.05) is 17.9 Å². The fourth-order valence-corrected chi connectivity index (χ4v) is 1.23. The Balaban J connectivity index is 2.24. The first-order valence-corrected chi connectivity index (χ1v) is 4.72. The van der Waals surface area contributed by atoms with Crippen LogP contribution < -0.4 is 11.1 Å². The van der Waals surface area contributed by atoms with E-state index in [1.165, 1.54) is 18.5 Å². The van der Waals surface area contributed by atoms with Crippen LogP contribution >= 0.6 is 0 Å². The van der Waals surface area contributed by atoms with E-state index in [-0.39, 0.29) is 0 Å². The third-order valence-electron chi connectivity index (χ3n) is 2.06. The van der Waals surface area contributed by atoms with Crippen molar-refractivity contribution in [2.45, 2.75) is 32.6 Å². The highest BCUT2D eigenvalue weighted by Crippen LogP contribution is 2.12. The van der Waals surface area contributed by atoms with Crippen LogP contribution in [-0.4, -0.2) is 6.54 Å². The van der Waals surface area contributed by atoms with E-state index >= 15 is 0 Å². The van der Waals surface area contributed by atoms with E-state index in [9.17, 15) is 0 Å². The van der Waals surface area contributed by atoms with Crippen LogP contribution in [0.15, 0.2) is 23.5 Å². The van der Waals surface area contributed by atoms with Crippen LogP contribution in [0.4, 0.5) is 0 Å². The van der Waals surface area contributed by atoms with Gasteiger partial charge >= 0.3 is 0 Å². The Bertz CT molecular complexity index is 192. The summed E-state index contributed by atoms with van der Waals surface area (Å²) in [5.74, 6) is 0. The average Bonchev–Trinajstić information content (AvgIpc) is 2.09. The molecular weight excluding hydrogens is 148 g/mol. The fraction of sp³-hybridized carbons (Fsp3) is 0.600. The zero-order valence-corrected chi connectivity index (χ0v) is 7.77. The Morgan fingerprint density at radius 2 is 2.25 bits per heavy atom. The minimum atomic E-state index is 0.996. The van der Waals surface area contributed by atoms with Gasteiger partial charge in [-0.05, 0) is 31.4 Å². The van der Waals surface area contributed by atoms with E-state index in [2.05, 4.69) is 18.3 Å². The molecule has 0 bridgehead atoms. The lowest BCUT2D eigenvalue weighted by Gasteiger charge is -2.13. The van der Waals surface area contributed by atoms with Gasteiger partial charge in [-0.3, -0.25) is 0 Å². The fourth-order valence-electron chi connectivity index (χ4n) is 1.23. The SMILES string of the molecule is CCCCNC1=CC=C(N)CC1. The predicted octanol–water partition coefficient (Wildman–Crippen LogP) is 1.90. The van der Waals surface area contributed by atoms with Gasteiger partial charge in [0.1, 0.15) is 0 Å². The summed E-state index contributed by atoms with van der Waals surface area (Å²) in [4.78, 5) is 0. The third-order valence-corrected chi connectivity index (χ3v) is 2.06. The second kappa shape index (κ2) is 4.86. The van der Waals surface area contributed by atoms with Crippen molar-refractivity contribution in [3.63, 3.8) is 0 Å². The number of nitrogens with one attached hydrogen (secondary N) is 1. The summed E-state index contributed by atoms with van der Waals surface area (Å²) in [6, 6.07) is 0. The zero-order chi connectivity index (χ0) is 8.81. The molecule has 0 amide bonds. The largest absolute Gasteiger partial charge is 0.402 e. The number of hydrogen-bond donors (Lipinski definition) is 2. The van der Waals surface area contributed by atoms with Crippen LogP contribution in [0, 0.1) is 0 Å². The highest BCUT2D eigenvalue weighted by molar-refractivity contribution is 5.20. The summed E-state index contributed by atoms with van der Waals surface area (Å²) < 4.78 is 0. The summed E-state index contributed by atoms with van der Waals surface area (Å²) in [5.41, 5.74) is 7.97. The molecule has 0 radical (unpaired) electrons. The lowest BCUT2D eigenvalue weighted by atomic mass is 10.1. The number of hydrogen-bond acceptors (Lipinski definition) is 2. The van der Waals surface area contributed by atoms with Crippen molar-refractivity contribution >= 4 is 0 Å².